The first-order valence-corrected chi connectivity index (χ1v) is 12.4. The molecule has 0 aromatic heterocycles. The van der Waals surface area contributed by atoms with Crippen LogP contribution < -0.4 is 14.8 Å². The first kappa shape index (κ1) is 25.1. The van der Waals surface area contributed by atoms with Crippen LogP contribution in [0.2, 0.25) is 0 Å². The first-order valence-electron chi connectivity index (χ1n) is 11.6. The minimum atomic E-state index is -0.587. The molecule has 35 heavy (non-hydrogen) atoms. The number of esters is 1. The van der Waals surface area contributed by atoms with Gasteiger partial charge in [0.25, 0.3) is 0 Å². The van der Waals surface area contributed by atoms with Gasteiger partial charge >= 0.3 is 5.97 Å². The van der Waals surface area contributed by atoms with Crippen molar-refractivity contribution in [3.63, 3.8) is 0 Å². The van der Waals surface area contributed by atoms with Gasteiger partial charge in [-0.15, -0.1) is 0 Å². The van der Waals surface area contributed by atoms with E-state index in [4.69, 9.17) is 18.9 Å². The molecule has 3 aliphatic rings. The number of methoxy groups -OCH3 is 3. The van der Waals surface area contributed by atoms with E-state index in [0.29, 0.717) is 40.4 Å². The molecule has 2 heterocycles. The van der Waals surface area contributed by atoms with Crippen LogP contribution in [0.4, 0.5) is 0 Å². The third kappa shape index (κ3) is 5.65. The molecule has 10 heteroatoms. The van der Waals surface area contributed by atoms with Crippen LogP contribution in [0.5, 0.6) is 11.5 Å². The molecule has 1 atom stereocenters. The van der Waals surface area contributed by atoms with Crippen molar-refractivity contribution in [2.45, 2.75) is 32.2 Å². The highest BCUT2D eigenvalue weighted by atomic mass is 32.2. The maximum Gasteiger partial charge on any atom is 0.338 e. The maximum absolute atomic E-state index is 13.3. The standard InChI is InChI=1S/C25H31N3O6S/c1-15-22(24(30)34-10-9-31-2)23(19-8-7-18(32-3)12-20(19)33-4)28-17(14-35-25(28)27-15)11-21(29)26-13-16-5-6-16/h7-8,12,14,16,23H,5-6,9-11,13H2,1-4H3,(H,26,29)/t23-/m0/s1. The van der Waals surface area contributed by atoms with Crippen molar-refractivity contribution in [1.29, 1.82) is 0 Å². The number of fused-ring (bicyclic) bond motifs is 1. The fourth-order valence-electron chi connectivity index (χ4n) is 4.07. The number of rotatable bonds is 11. The van der Waals surface area contributed by atoms with Crippen LogP contribution in [-0.4, -0.2) is 63.0 Å². The molecule has 0 bridgehead atoms. The number of nitrogens with one attached hydrogen (secondary N) is 1. The minimum absolute atomic E-state index is 0.0547. The summed E-state index contributed by atoms with van der Waals surface area (Å²) in [5, 5.41) is 5.64. The van der Waals surface area contributed by atoms with Gasteiger partial charge in [-0.05, 0) is 43.2 Å². The average Bonchev–Trinajstić information content (AvgIpc) is 3.61. The van der Waals surface area contributed by atoms with E-state index in [1.807, 2.05) is 22.4 Å². The number of carbonyl (C=O) groups excluding carboxylic acids is 2. The van der Waals surface area contributed by atoms with Crippen molar-refractivity contribution in [1.82, 2.24) is 10.2 Å². The first-order chi connectivity index (χ1) is 17.0. The number of aliphatic imine (C=N–C) groups is 1. The summed E-state index contributed by atoms with van der Waals surface area (Å²) in [6, 6.07) is 4.88. The van der Waals surface area contributed by atoms with Crippen LogP contribution in [0.3, 0.4) is 0 Å². The van der Waals surface area contributed by atoms with Gasteiger partial charge in [-0.25, -0.2) is 9.79 Å². The predicted octanol–water partition coefficient (Wildman–Crippen LogP) is 3.38. The molecule has 9 nitrogen and oxygen atoms in total. The number of benzene rings is 1. The van der Waals surface area contributed by atoms with Gasteiger partial charge in [0.05, 0.1) is 44.6 Å². The molecule has 1 fully saturated rings. The number of hydrogen-bond donors (Lipinski definition) is 1. The number of nitrogens with zero attached hydrogens (tertiary/aromatic N) is 2. The summed E-state index contributed by atoms with van der Waals surface area (Å²) < 4.78 is 21.6. The average molecular weight is 502 g/mol. The molecule has 0 spiro atoms. The lowest BCUT2D eigenvalue weighted by molar-refractivity contribution is -0.141. The highest BCUT2D eigenvalue weighted by molar-refractivity contribution is 8.16. The molecule has 1 saturated carbocycles. The van der Waals surface area contributed by atoms with Gasteiger partial charge in [0.2, 0.25) is 5.91 Å². The Morgan fingerprint density at radius 3 is 2.66 bits per heavy atom. The second kappa shape index (κ2) is 11.2. The molecule has 0 radical (unpaired) electrons. The Hall–Kier alpha value is -2.98. The van der Waals surface area contributed by atoms with Crippen molar-refractivity contribution in [2.75, 3.05) is 41.1 Å². The van der Waals surface area contributed by atoms with E-state index in [1.165, 1.54) is 24.6 Å². The molecule has 1 amide bonds. The smallest absolute Gasteiger partial charge is 0.338 e. The van der Waals surface area contributed by atoms with Gasteiger partial charge in [0, 0.05) is 31.0 Å². The summed E-state index contributed by atoms with van der Waals surface area (Å²) in [6.07, 6.45) is 2.51. The van der Waals surface area contributed by atoms with Crippen molar-refractivity contribution in [3.05, 3.63) is 46.1 Å². The summed E-state index contributed by atoms with van der Waals surface area (Å²) >= 11 is 1.43. The van der Waals surface area contributed by atoms with Gasteiger partial charge in [-0.2, -0.15) is 0 Å². The van der Waals surface area contributed by atoms with Gasteiger partial charge < -0.3 is 29.2 Å². The zero-order valence-corrected chi connectivity index (χ0v) is 21.3. The van der Waals surface area contributed by atoms with Crippen LogP contribution in [0.25, 0.3) is 0 Å². The van der Waals surface area contributed by atoms with E-state index < -0.39 is 12.0 Å². The number of carbonyl (C=O) groups is 2. The molecular weight excluding hydrogens is 470 g/mol. The Labute approximate surface area is 209 Å². The fraction of sp³-hybridized carbons (Fsp3) is 0.480. The largest absolute Gasteiger partial charge is 0.497 e. The Kier molecular flexibility index (Phi) is 8.02. The van der Waals surface area contributed by atoms with Gasteiger partial charge in [0.1, 0.15) is 18.1 Å². The lowest BCUT2D eigenvalue weighted by atomic mass is 9.93. The normalized spacial score (nSPS) is 19.1. The van der Waals surface area contributed by atoms with Crippen molar-refractivity contribution >= 4 is 28.8 Å². The van der Waals surface area contributed by atoms with E-state index in [0.717, 1.165) is 11.3 Å². The highest BCUT2D eigenvalue weighted by Crippen LogP contribution is 2.47. The zero-order chi connectivity index (χ0) is 24.9. The maximum atomic E-state index is 13.3. The molecule has 2 aliphatic heterocycles. The monoisotopic (exact) mass is 501 g/mol. The second-order valence-electron chi connectivity index (χ2n) is 8.55. The molecule has 0 saturated heterocycles. The topological polar surface area (TPSA) is 98.7 Å². The van der Waals surface area contributed by atoms with Gasteiger partial charge in [-0.3, -0.25) is 4.79 Å². The molecule has 1 aromatic rings. The van der Waals surface area contributed by atoms with E-state index in [1.54, 1.807) is 34.3 Å². The predicted molar refractivity (Wildman–Crippen MR) is 133 cm³/mol. The number of ether oxygens (including phenoxy) is 4. The third-order valence-electron chi connectivity index (χ3n) is 6.10. The van der Waals surface area contributed by atoms with Crippen molar-refractivity contribution in [3.8, 4) is 11.5 Å². The van der Waals surface area contributed by atoms with E-state index in [-0.39, 0.29) is 25.5 Å². The number of allylic oxidation sites excluding steroid dienone is 1. The van der Waals surface area contributed by atoms with Crippen LogP contribution in [-0.2, 0) is 19.1 Å². The lowest BCUT2D eigenvalue weighted by Gasteiger charge is -2.36. The van der Waals surface area contributed by atoms with E-state index in [2.05, 4.69) is 10.3 Å². The summed E-state index contributed by atoms with van der Waals surface area (Å²) in [5.41, 5.74) is 2.45. The number of amidine groups is 1. The number of thioether (sulfide) groups is 1. The summed E-state index contributed by atoms with van der Waals surface area (Å²) in [7, 11) is 4.71. The Morgan fingerprint density at radius 2 is 1.97 bits per heavy atom. The lowest BCUT2D eigenvalue weighted by Crippen LogP contribution is -2.38. The third-order valence-corrected chi connectivity index (χ3v) is 6.99. The summed E-state index contributed by atoms with van der Waals surface area (Å²) in [6.45, 7) is 2.90. The van der Waals surface area contributed by atoms with Crippen molar-refractivity contribution < 1.29 is 28.5 Å². The van der Waals surface area contributed by atoms with Gasteiger partial charge in [-0.1, -0.05) is 11.8 Å². The second-order valence-corrected chi connectivity index (χ2v) is 9.39. The molecule has 0 unspecified atom stereocenters. The van der Waals surface area contributed by atoms with Crippen molar-refractivity contribution in [2.24, 2.45) is 10.9 Å². The molecule has 1 N–H and O–H groups in total. The Bertz CT molecular complexity index is 1080. The minimum Gasteiger partial charge on any atom is -0.497 e. The van der Waals surface area contributed by atoms with Gasteiger partial charge in [0.15, 0.2) is 5.17 Å². The summed E-state index contributed by atoms with van der Waals surface area (Å²) in [4.78, 5) is 32.6. The zero-order valence-electron chi connectivity index (χ0n) is 20.5. The SMILES string of the molecule is COCCOC(=O)C1=C(C)N=C2SC=C(CC(=O)NCC3CC3)N2[C@H]1c1ccc(OC)cc1OC. The number of amides is 1. The molecule has 188 valence electrons. The molecule has 4 rings (SSSR count). The Balaban J connectivity index is 1.70. The van der Waals surface area contributed by atoms with Crippen LogP contribution >= 0.6 is 11.8 Å². The Morgan fingerprint density at radius 1 is 1.17 bits per heavy atom. The highest BCUT2D eigenvalue weighted by Gasteiger charge is 2.42. The fourth-order valence-corrected chi connectivity index (χ4v) is 5.04. The quantitative estimate of drug-likeness (QED) is 0.364. The molecule has 1 aliphatic carbocycles. The number of hydrogen-bond acceptors (Lipinski definition) is 9. The van der Waals surface area contributed by atoms with Crippen LogP contribution in [0, 0.1) is 5.92 Å². The molecule has 1 aromatic carbocycles. The van der Waals surface area contributed by atoms with Crippen LogP contribution in [0.1, 0.15) is 37.8 Å². The summed E-state index contributed by atoms with van der Waals surface area (Å²) in [5.74, 6) is 1.24. The van der Waals surface area contributed by atoms with E-state index >= 15 is 0 Å². The van der Waals surface area contributed by atoms with E-state index in [9.17, 15) is 9.59 Å². The molecular formula is C25H31N3O6S. The van der Waals surface area contributed by atoms with Crippen LogP contribution in [0.15, 0.2) is 45.6 Å².